The van der Waals surface area contributed by atoms with Crippen molar-refractivity contribution in [2.24, 2.45) is 0 Å². The summed E-state index contributed by atoms with van der Waals surface area (Å²) in [7, 11) is 1.66. The Morgan fingerprint density at radius 2 is 2.00 bits per heavy atom. The Hall–Kier alpha value is -1.26. The van der Waals surface area contributed by atoms with Gasteiger partial charge in [0, 0.05) is 13.2 Å². The van der Waals surface area contributed by atoms with E-state index in [0.717, 1.165) is 37.6 Å². The van der Waals surface area contributed by atoms with E-state index < -0.39 is 0 Å². The first-order valence-corrected chi connectivity index (χ1v) is 7.29. The molecule has 1 aromatic carbocycles. The topological polar surface area (TPSA) is 39.7 Å². The highest BCUT2D eigenvalue weighted by Gasteiger charge is 2.05. The summed E-state index contributed by atoms with van der Waals surface area (Å²) in [5.41, 5.74) is 1.19. The van der Waals surface area contributed by atoms with Gasteiger partial charge in [0.25, 0.3) is 0 Å². The van der Waals surface area contributed by atoms with Gasteiger partial charge in [-0.15, -0.1) is 0 Å². The maximum absolute atomic E-state index is 5.57. The van der Waals surface area contributed by atoms with Crippen LogP contribution in [0.4, 0.5) is 0 Å². The van der Waals surface area contributed by atoms with Gasteiger partial charge in [0.05, 0.1) is 19.8 Å². The molecular weight excluding hydrogens is 254 g/mol. The van der Waals surface area contributed by atoms with E-state index in [0.29, 0.717) is 12.7 Å². The number of hydrogen-bond acceptors (Lipinski definition) is 4. The fourth-order valence-electron chi connectivity index (χ4n) is 1.85. The van der Waals surface area contributed by atoms with E-state index in [9.17, 15) is 0 Å². The minimum atomic E-state index is 0.310. The Morgan fingerprint density at radius 1 is 1.20 bits per heavy atom. The maximum atomic E-state index is 5.57. The van der Waals surface area contributed by atoms with Crippen LogP contribution >= 0.6 is 0 Å². The Morgan fingerprint density at radius 3 is 2.65 bits per heavy atom. The van der Waals surface area contributed by atoms with Gasteiger partial charge in [0.1, 0.15) is 0 Å². The van der Waals surface area contributed by atoms with E-state index in [1.54, 1.807) is 7.11 Å². The molecule has 0 aliphatic rings. The van der Waals surface area contributed by atoms with Crippen molar-refractivity contribution in [1.29, 1.82) is 0 Å². The fraction of sp³-hybridized carbons (Fsp3) is 0.625. The summed E-state index contributed by atoms with van der Waals surface area (Å²) < 4.78 is 16.3. The van der Waals surface area contributed by atoms with Crippen molar-refractivity contribution in [3.8, 4) is 11.5 Å². The predicted octanol–water partition coefficient (Wildman–Crippen LogP) is 3.00. The minimum Gasteiger partial charge on any atom is -0.493 e. The molecule has 0 fully saturated rings. The first-order valence-electron chi connectivity index (χ1n) is 7.29. The highest BCUT2D eigenvalue weighted by molar-refractivity contribution is 5.42. The third-order valence-electron chi connectivity index (χ3n) is 2.81. The Balaban J connectivity index is 2.34. The van der Waals surface area contributed by atoms with Crippen LogP contribution in [-0.2, 0) is 11.3 Å². The molecule has 0 bridgehead atoms. The molecule has 20 heavy (non-hydrogen) atoms. The normalized spacial score (nSPS) is 10.8. The molecule has 0 atom stereocenters. The number of methoxy groups -OCH3 is 1. The molecule has 1 N–H and O–H groups in total. The van der Waals surface area contributed by atoms with E-state index in [1.165, 1.54) is 5.56 Å². The first kappa shape index (κ1) is 16.8. The molecule has 0 radical (unpaired) electrons. The summed E-state index contributed by atoms with van der Waals surface area (Å²) in [6.45, 7) is 9.30. The third-order valence-corrected chi connectivity index (χ3v) is 2.81. The van der Waals surface area contributed by atoms with E-state index in [4.69, 9.17) is 14.2 Å². The van der Waals surface area contributed by atoms with Crippen LogP contribution in [0.2, 0.25) is 0 Å². The van der Waals surface area contributed by atoms with Crippen LogP contribution in [-0.4, -0.2) is 33.0 Å². The van der Waals surface area contributed by atoms with Crippen LogP contribution in [0.3, 0.4) is 0 Å². The molecule has 0 saturated carbocycles. The molecule has 0 amide bonds. The molecular formula is C16H27NO3. The van der Waals surface area contributed by atoms with Crippen molar-refractivity contribution in [2.45, 2.75) is 39.8 Å². The van der Waals surface area contributed by atoms with Crippen LogP contribution in [0, 0.1) is 0 Å². The molecule has 0 aromatic heterocycles. The van der Waals surface area contributed by atoms with Crippen LogP contribution in [0.25, 0.3) is 0 Å². The monoisotopic (exact) mass is 281 g/mol. The van der Waals surface area contributed by atoms with Crippen molar-refractivity contribution >= 4 is 0 Å². The zero-order chi connectivity index (χ0) is 14.8. The van der Waals surface area contributed by atoms with E-state index in [-0.39, 0.29) is 0 Å². The molecule has 0 aliphatic carbocycles. The van der Waals surface area contributed by atoms with Crippen LogP contribution in [0.5, 0.6) is 11.5 Å². The summed E-state index contributed by atoms with van der Waals surface area (Å²) in [4.78, 5) is 0. The summed E-state index contributed by atoms with van der Waals surface area (Å²) in [6.07, 6.45) is 1.33. The average Bonchev–Trinajstić information content (AvgIpc) is 2.43. The molecule has 0 heterocycles. The maximum Gasteiger partial charge on any atom is 0.161 e. The number of rotatable bonds is 10. The van der Waals surface area contributed by atoms with Crippen LogP contribution in [0.1, 0.15) is 32.8 Å². The lowest BCUT2D eigenvalue weighted by molar-refractivity contribution is 0.0770. The largest absolute Gasteiger partial charge is 0.493 e. The van der Waals surface area contributed by atoms with Gasteiger partial charge in [-0.3, -0.25) is 0 Å². The number of nitrogens with one attached hydrogen (secondary N) is 1. The fourth-order valence-corrected chi connectivity index (χ4v) is 1.85. The minimum absolute atomic E-state index is 0.310. The highest BCUT2D eigenvalue weighted by atomic mass is 16.5. The molecule has 1 aromatic rings. The van der Waals surface area contributed by atoms with Gasteiger partial charge in [0.2, 0.25) is 0 Å². The molecule has 4 nitrogen and oxygen atoms in total. The molecule has 1 rings (SSSR count). The average molecular weight is 281 g/mol. The van der Waals surface area contributed by atoms with Crippen molar-refractivity contribution in [3.63, 3.8) is 0 Å². The highest BCUT2D eigenvalue weighted by Crippen LogP contribution is 2.27. The number of benzene rings is 1. The predicted molar refractivity (Wildman–Crippen MR) is 81.6 cm³/mol. The second-order valence-corrected chi connectivity index (χ2v) is 4.87. The van der Waals surface area contributed by atoms with Gasteiger partial charge in [-0.1, -0.05) is 6.07 Å². The Labute approximate surface area is 122 Å². The zero-order valence-corrected chi connectivity index (χ0v) is 13.1. The van der Waals surface area contributed by atoms with E-state index in [1.807, 2.05) is 19.1 Å². The van der Waals surface area contributed by atoms with Gasteiger partial charge in [0.15, 0.2) is 11.5 Å². The second kappa shape index (κ2) is 9.61. The number of ether oxygens (including phenoxy) is 3. The van der Waals surface area contributed by atoms with E-state index in [2.05, 4.69) is 25.2 Å². The molecule has 0 aliphatic heterocycles. The SMILES string of the molecule is CCOc1cc(CNCCCOC(C)C)ccc1OC. The number of hydrogen-bond donors (Lipinski definition) is 1. The summed E-state index contributed by atoms with van der Waals surface area (Å²) >= 11 is 0. The van der Waals surface area contributed by atoms with E-state index >= 15 is 0 Å². The summed E-state index contributed by atoms with van der Waals surface area (Å²) in [6, 6.07) is 6.03. The lowest BCUT2D eigenvalue weighted by atomic mass is 10.2. The van der Waals surface area contributed by atoms with Gasteiger partial charge >= 0.3 is 0 Å². The van der Waals surface area contributed by atoms with Gasteiger partial charge in [-0.25, -0.2) is 0 Å². The lowest BCUT2D eigenvalue weighted by Gasteiger charge is -2.12. The Bertz CT molecular complexity index is 380. The van der Waals surface area contributed by atoms with Crippen molar-refractivity contribution in [1.82, 2.24) is 5.32 Å². The van der Waals surface area contributed by atoms with Gasteiger partial charge in [-0.2, -0.15) is 0 Å². The van der Waals surface area contributed by atoms with Crippen molar-refractivity contribution < 1.29 is 14.2 Å². The smallest absolute Gasteiger partial charge is 0.161 e. The van der Waals surface area contributed by atoms with Gasteiger partial charge in [-0.05, 0) is 51.4 Å². The summed E-state index contributed by atoms with van der Waals surface area (Å²) in [5, 5.41) is 3.41. The molecule has 114 valence electrons. The van der Waals surface area contributed by atoms with Crippen molar-refractivity contribution in [3.05, 3.63) is 23.8 Å². The van der Waals surface area contributed by atoms with Gasteiger partial charge < -0.3 is 19.5 Å². The second-order valence-electron chi connectivity index (χ2n) is 4.87. The molecule has 4 heteroatoms. The molecule has 0 spiro atoms. The third kappa shape index (κ3) is 6.26. The zero-order valence-electron chi connectivity index (χ0n) is 13.1. The Kier molecular flexibility index (Phi) is 8.07. The first-order chi connectivity index (χ1) is 9.67. The molecule has 0 saturated heterocycles. The quantitative estimate of drug-likeness (QED) is 0.669. The van der Waals surface area contributed by atoms with Crippen molar-refractivity contribution in [2.75, 3.05) is 26.9 Å². The van der Waals surface area contributed by atoms with Crippen LogP contribution < -0.4 is 14.8 Å². The molecule has 0 unspecified atom stereocenters. The summed E-state index contributed by atoms with van der Waals surface area (Å²) in [5.74, 6) is 1.58. The van der Waals surface area contributed by atoms with Crippen LogP contribution in [0.15, 0.2) is 18.2 Å². The lowest BCUT2D eigenvalue weighted by Crippen LogP contribution is -2.17. The standard InChI is InChI=1S/C16H27NO3/c1-5-19-16-11-14(7-8-15(16)18-4)12-17-9-6-10-20-13(2)3/h7-8,11,13,17H,5-6,9-10,12H2,1-4H3.